The molecule has 0 aromatic heterocycles. The molecule has 1 atom stereocenters. The van der Waals surface area contributed by atoms with Crippen molar-refractivity contribution in [2.24, 2.45) is 0 Å². The van der Waals surface area contributed by atoms with E-state index in [0.717, 1.165) is 18.7 Å². The van der Waals surface area contributed by atoms with E-state index in [2.05, 4.69) is 35.5 Å². The predicted octanol–water partition coefficient (Wildman–Crippen LogP) is 3.08. The van der Waals surface area contributed by atoms with Crippen LogP contribution < -0.4 is 0 Å². The molecule has 1 aliphatic rings. The Hall–Kier alpha value is -1.52. The van der Waals surface area contributed by atoms with E-state index in [1.54, 1.807) is 0 Å². The fraction of sp³-hybridized carbons (Fsp3) is 0.375. The van der Waals surface area contributed by atoms with Crippen LogP contribution in [0.3, 0.4) is 0 Å². The monoisotopic (exact) mass is 225 g/mol. The zero-order valence-electron chi connectivity index (χ0n) is 10.2. The highest BCUT2D eigenvalue weighted by Gasteiger charge is 2.18. The van der Waals surface area contributed by atoms with Gasteiger partial charge in [0.1, 0.15) is 0 Å². The summed E-state index contributed by atoms with van der Waals surface area (Å²) in [7, 11) is 0. The Morgan fingerprint density at radius 2 is 2.12 bits per heavy atom. The highest BCUT2D eigenvalue weighted by Crippen LogP contribution is 2.16. The zero-order chi connectivity index (χ0) is 11.9. The van der Waals surface area contributed by atoms with Gasteiger partial charge in [0.05, 0.1) is 6.04 Å². The van der Waals surface area contributed by atoms with Crippen molar-refractivity contribution in [2.75, 3.05) is 13.1 Å². The summed E-state index contributed by atoms with van der Waals surface area (Å²) in [6.45, 7) is 5.92. The van der Waals surface area contributed by atoms with Gasteiger partial charge in [-0.1, -0.05) is 36.1 Å². The maximum absolute atomic E-state index is 3.82. The summed E-state index contributed by atoms with van der Waals surface area (Å²) in [6, 6.07) is 10.6. The van der Waals surface area contributed by atoms with Crippen molar-refractivity contribution in [1.29, 1.82) is 0 Å². The van der Waals surface area contributed by atoms with E-state index in [1.165, 1.54) is 19.3 Å². The van der Waals surface area contributed by atoms with Gasteiger partial charge in [0.2, 0.25) is 0 Å². The maximum Gasteiger partial charge on any atom is 0.0721 e. The van der Waals surface area contributed by atoms with Gasteiger partial charge in [0.25, 0.3) is 0 Å². The molecule has 1 unspecified atom stereocenters. The van der Waals surface area contributed by atoms with Gasteiger partial charge >= 0.3 is 0 Å². The average Bonchev–Trinajstić information content (AvgIpc) is 2.39. The van der Waals surface area contributed by atoms with E-state index in [1.807, 2.05) is 24.3 Å². The Morgan fingerprint density at radius 3 is 2.88 bits per heavy atom. The van der Waals surface area contributed by atoms with Crippen molar-refractivity contribution in [3.05, 3.63) is 48.6 Å². The molecule has 1 aromatic carbocycles. The van der Waals surface area contributed by atoms with E-state index in [-0.39, 0.29) is 0 Å². The summed E-state index contributed by atoms with van der Waals surface area (Å²) < 4.78 is 0. The Balaban J connectivity index is 2.05. The Bertz CT molecular complexity index is 410. The molecule has 1 heterocycles. The largest absolute Gasteiger partial charge is 0.286 e. The van der Waals surface area contributed by atoms with Crippen molar-refractivity contribution in [1.82, 2.24) is 4.90 Å². The molecule has 17 heavy (non-hydrogen) atoms. The number of hydrogen-bond acceptors (Lipinski definition) is 1. The van der Waals surface area contributed by atoms with Gasteiger partial charge in [-0.2, -0.15) is 0 Å². The number of piperidine rings is 1. The van der Waals surface area contributed by atoms with Gasteiger partial charge < -0.3 is 0 Å². The van der Waals surface area contributed by atoms with Crippen LogP contribution in [-0.2, 0) is 0 Å². The molecule has 2 rings (SSSR count). The molecule has 0 bridgehead atoms. The van der Waals surface area contributed by atoms with Gasteiger partial charge in [0.15, 0.2) is 0 Å². The van der Waals surface area contributed by atoms with Crippen molar-refractivity contribution in [3.8, 4) is 11.8 Å². The lowest BCUT2D eigenvalue weighted by Gasteiger charge is -2.31. The fourth-order valence-corrected chi connectivity index (χ4v) is 2.23. The number of benzene rings is 1. The van der Waals surface area contributed by atoms with E-state index in [9.17, 15) is 0 Å². The van der Waals surface area contributed by atoms with Crippen LogP contribution in [0.1, 0.15) is 24.8 Å². The second-order valence-electron chi connectivity index (χ2n) is 4.43. The molecule has 1 heteroatoms. The topological polar surface area (TPSA) is 3.24 Å². The first-order valence-corrected chi connectivity index (χ1v) is 6.31. The first kappa shape index (κ1) is 12.0. The Labute approximate surface area is 104 Å². The molecule has 1 nitrogen and oxygen atoms in total. The SMILES string of the molecule is C=CCN1CCCCC1C#Cc1ccccc1. The molecule has 0 amide bonds. The third-order valence-electron chi connectivity index (χ3n) is 3.13. The maximum atomic E-state index is 3.82. The van der Waals surface area contributed by atoms with E-state index < -0.39 is 0 Å². The van der Waals surface area contributed by atoms with Crippen LogP contribution in [0.25, 0.3) is 0 Å². The van der Waals surface area contributed by atoms with Gasteiger partial charge in [0, 0.05) is 12.1 Å². The van der Waals surface area contributed by atoms with Crippen LogP contribution >= 0.6 is 0 Å². The van der Waals surface area contributed by atoms with Crippen LogP contribution in [0.4, 0.5) is 0 Å². The minimum atomic E-state index is 0.405. The molecule has 0 spiro atoms. The van der Waals surface area contributed by atoms with Crippen LogP contribution in [0, 0.1) is 11.8 Å². The minimum absolute atomic E-state index is 0.405. The average molecular weight is 225 g/mol. The predicted molar refractivity (Wildman–Crippen MR) is 72.7 cm³/mol. The second-order valence-corrected chi connectivity index (χ2v) is 4.43. The third-order valence-corrected chi connectivity index (χ3v) is 3.13. The van der Waals surface area contributed by atoms with Gasteiger partial charge in [-0.15, -0.1) is 6.58 Å². The molecule has 0 radical (unpaired) electrons. The van der Waals surface area contributed by atoms with Crippen LogP contribution in [0.15, 0.2) is 43.0 Å². The summed E-state index contributed by atoms with van der Waals surface area (Å²) >= 11 is 0. The molecular weight excluding hydrogens is 206 g/mol. The standard InChI is InChI=1S/C16H19N/c1-2-13-17-14-7-6-10-16(17)12-11-15-8-4-3-5-9-15/h2-5,8-9,16H,1,6-7,10,13-14H2. The van der Waals surface area contributed by atoms with E-state index in [0.29, 0.717) is 6.04 Å². The number of likely N-dealkylation sites (tertiary alicyclic amines) is 1. The number of hydrogen-bond donors (Lipinski definition) is 0. The van der Waals surface area contributed by atoms with Crippen molar-refractivity contribution in [2.45, 2.75) is 25.3 Å². The summed E-state index contributed by atoms with van der Waals surface area (Å²) in [4.78, 5) is 2.42. The quantitative estimate of drug-likeness (QED) is 0.552. The lowest BCUT2D eigenvalue weighted by Crippen LogP contribution is -2.38. The fourth-order valence-electron chi connectivity index (χ4n) is 2.23. The zero-order valence-corrected chi connectivity index (χ0v) is 10.2. The lowest BCUT2D eigenvalue weighted by molar-refractivity contribution is 0.206. The molecule has 0 saturated carbocycles. The molecular formula is C16H19N. The van der Waals surface area contributed by atoms with Crippen molar-refractivity contribution in [3.63, 3.8) is 0 Å². The molecule has 1 fully saturated rings. The van der Waals surface area contributed by atoms with Crippen molar-refractivity contribution >= 4 is 0 Å². The molecule has 0 aliphatic carbocycles. The number of nitrogens with zero attached hydrogens (tertiary/aromatic N) is 1. The highest BCUT2D eigenvalue weighted by molar-refractivity contribution is 5.34. The summed E-state index contributed by atoms with van der Waals surface area (Å²) in [5.41, 5.74) is 1.11. The smallest absolute Gasteiger partial charge is 0.0721 e. The summed E-state index contributed by atoms with van der Waals surface area (Å²) in [6.07, 6.45) is 5.75. The summed E-state index contributed by atoms with van der Waals surface area (Å²) in [5, 5.41) is 0. The highest BCUT2D eigenvalue weighted by atomic mass is 15.1. The minimum Gasteiger partial charge on any atom is -0.286 e. The van der Waals surface area contributed by atoms with Gasteiger partial charge in [-0.3, -0.25) is 4.90 Å². The van der Waals surface area contributed by atoms with E-state index in [4.69, 9.17) is 0 Å². The van der Waals surface area contributed by atoms with E-state index >= 15 is 0 Å². The molecule has 1 aliphatic heterocycles. The molecule has 1 aromatic rings. The third kappa shape index (κ3) is 3.47. The van der Waals surface area contributed by atoms with Crippen molar-refractivity contribution < 1.29 is 0 Å². The molecule has 0 N–H and O–H groups in total. The molecule has 1 saturated heterocycles. The van der Waals surface area contributed by atoms with Gasteiger partial charge in [-0.25, -0.2) is 0 Å². The summed E-state index contributed by atoms with van der Waals surface area (Å²) in [5.74, 6) is 6.68. The first-order chi connectivity index (χ1) is 8.40. The lowest BCUT2D eigenvalue weighted by atomic mass is 10.0. The first-order valence-electron chi connectivity index (χ1n) is 6.31. The Kier molecular flexibility index (Phi) is 4.41. The van der Waals surface area contributed by atoms with Crippen LogP contribution in [0.5, 0.6) is 0 Å². The van der Waals surface area contributed by atoms with Crippen LogP contribution in [-0.4, -0.2) is 24.0 Å². The second kappa shape index (κ2) is 6.27. The normalized spacial score (nSPS) is 20.4. The number of rotatable bonds is 2. The van der Waals surface area contributed by atoms with Crippen LogP contribution in [0.2, 0.25) is 0 Å². The van der Waals surface area contributed by atoms with Gasteiger partial charge in [-0.05, 0) is 37.9 Å². The Morgan fingerprint density at radius 1 is 1.29 bits per heavy atom. The molecule has 88 valence electrons.